The summed E-state index contributed by atoms with van der Waals surface area (Å²) in [6.45, 7) is 5.32. The first-order valence-corrected chi connectivity index (χ1v) is 12.0. The Labute approximate surface area is 198 Å². The highest BCUT2D eigenvalue weighted by atomic mass is 32.1. The Morgan fingerprint density at radius 1 is 1.35 bits per heavy atom. The number of aromatic nitrogens is 2. The van der Waals surface area contributed by atoms with Crippen LogP contribution in [0.4, 0.5) is 9.52 Å². The average Bonchev–Trinajstić information content (AvgIpc) is 3.49. The van der Waals surface area contributed by atoms with Gasteiger partial charge in [-0.15, -0.1) is 0 Å². The Morgan fingerprint density at radius 2 is 2.12 bits per heavy atom. The van der Waals surface area contributed by atoms with Crippen molar-refractivity contribution in [2.75, 3.05) is 38.2 Å². The van der Waals surface area contributed by atoms with Crippen molar-refractivity contribution in [3.8, 4) is 5.75 Å². The molecule has 11 heteroatoms. The number of hydrogen-bond donors (Lipinski definition) is 3. The second-order valence-corrected chi connectivity index (χ2v) is 9.69. The van der Waals surface area contributed by atoms with Crippen molar-refractivity contribution < 1.29 is 28.6 Å². The van der Waals surface area contributed by atoms with Crippen molar-refractivity contribution in [3.05, 3.63) is 41.0 Å². The molecule has 0 radical (unpaired) electrons. The molecule has 1 aromatic carbocycles. The van der Waals surface area contributed by atoms with E-state index in [4.69, 9.17) is 9.47 Å². The second kappa shape index (κ2) is 9.32. The number of fused-ring (bicyclic) bond motifs is 1. The third kappa shape index (κ3) is 4.91. The van der Waals surface area contributed by atoms with Gasteiger partial charge in [-0.05, 0) is 37.8 Å². The molecule has 1 aliphatic carbocycles. The van der Waals surface area contributed by atoms with E-state index in [0.29, 0.717) is 35.1 Å². The van der Waals surface area contributed by atoms with Crippen molar-refractivity contribution >= 4 is 38.6 Å². The van der Waals surface area contributed by atoms with E-state index >= 15 is 0 Å². The third-order valence-electron chi connectivity index (χ3n) is 6.09. The summed E-state index contributed by atoms with van der Waals surface area (Å²) >= 11 is 1.14. The van der Waals surface area contributed by atoms with E-state index in [9.17, 15) is 19.1 Å². The number of carboxylic acids is 1. The minimum Gasteiger partial charge on any atom is -0.486 e. The summed E-state index contributed by atoms with van der Waals surface area (Å²) in [4.78, 5) is 33.8. The minimum atomic E-state index is -1.07. The first kappa shape index (κ1) is 22.8. The predicted molar refractivity (Wildman–Crippen MR) is 124 cm³/mol. The van der Waals surface area contributed by atoms with Gasteiger partial charge in [0.05, 0.1) is 23.5 Å². The number of thiazole rings is 1. The maximum Gasteiger partial charge on any atom is 0.335 e. The van der Waals surface area contributed by atoms with E-state index in [-0.39, 0.29) is 28.2 Å². The number of carbonyl (C=O) groups is 2. The number of aryl methyl sites for hydroxylation is 1. The van der Waals surface area contributed by atoms with Crippen LogP contribution in [0.15, 0.2) is 18.2 Å². The molecule has 9 nitrogen and oxygen atoms in total. The van der Waals surface area contributed by atoms with Crippen LogP contribution < -0.4 is 10.1 Å². The second-order valence-electron chi connectivity index (χ2n) is 8.66. The van der Waals surface area contributed by atoms with Crippen LogP contribution in [0.5, 0.6) is 5.75 Å². The Bertz CT molecular complexity index is 1210. The summed E-state index contributed by atoms with van der Waals surface area (Å²) in [6.07, 6.45) is 2.05. The van der Waals surface area contributed by atoms with Gasteiger partial charge < -0.3 is 19.6 Å². The standard InChI is InChI=1S/C23H25FN4O5S/c1-12-15(24)10-16(25-12)21(29)27-23-26-20-17(8-14(22(30)31)9-19(20)34-23)33-18(13-2-3-13)11-28-4-6-32-7-5-28/h8-10,13,18,25H,2-7,11H2,1H3,(H,30,31)(H,26,27,29). The number of hydrogen-bond acceptors (Lipinski definition) is 7. The molecule has 3 heterocycles. The highest BCUT2D eigenvalue weighted by molar-refractivity contribution is 7.22. The van der Waals surface area contributed by atoms with Crippen LogP contribution in [0, 0.1) is 18.7 Å². The lowest BCUT2D eigenvalue weighted by molar-refractivity contribution is 0.0159. The normalized spacial score (nSPS) is 17.6. The smallest absolute Gasteiger partial charge is 0.335 e. The van der Waals surface area contributed by atoms with Gasteiger partial charge in [-0.2, -0.15) is 0 Å². The lowest BCUT2D eigenvalue weighted by Crippen LogP contribution is -2.43. The van der Waals surface area contributed by atoms with E-state index < -0.39 is 17.7 Å². The predicted octanol–water partition coefficient (Wildman–Crippen LogP) is 3.51. The van der Waals surface area contributed by atoms with Gasteiger partial charge in [0.1, 0.15) is 28.9 Å². The van der Waals surface area contributed by atoms with E-state index in [1.165, 1.54) is 19.1 Å². The number of morpholine rings is 1. The summed E-state index contributed by atoms with van der Waals surface area (Å²) in [7, 11) is 0. The number of amides is 1. The SMILES string of the molecule is Cc1[nH]c(C(=O)Nc2nc3c(OC(CN4CCOCC4)C4CC4)cc(C(=O)O)cc3s2)cc1F. The van der Waals surface area contributed by atoms with Crippen LogP contribution in [0.25, 0.3) is 10.2 Å². The molecular formula is C23H25FN4O5S. The van der Waals surface area contributed by atoms with Crippen molar-refractivity contribution in [1.29, 1.82) is 0 Å². The Balaban J connectivity index is 1.42. The van der Waals surface area contributed by atoms with Gasteiger partial charge in [-0.1, -0.05) is 11.3 Å². The number of rotatable bonds is 8. The molecule has 1 unspecified atom stereocenters. The molecule has 2 fully saturated rings. The minimum absolute atomic E-state index is 0.0799. The van der Waals surface area contributed by atoms with Crippen LogP contribution in [0.3, 0.4) is 0 Å². The zero-order valence-electron chi connectivity index (χ0n) is 18.6. The van der Waals surface area contributed by atoms with Crippen molar-refractivity contribution in [2.24, 2.45) is 5.92 Å². The van der Waals surface area contributed by atoms with Crippen LogP contribution in [-0.2, 0) is 4.74 Å². The van der Waals surface area contributed by atoms with Crippen molar-refractivity contribution in [1.82, 2.24) is 14.9 Å². The molecule has 34 heavy (non-hydrogen) atoms. The number of benzene rings is 1. The molecule has 1 saturated carbocycles. The summed E-state index contributed by atoms with van der Waals surface area (Å²) in [5.41, 5.74) is 0.928. The topological polar surface area (TPSA) is 117 Å². The molecular weight excluding hydrogens is 463 g/mol. The number of H-pyrrole nitrogens is 1. The molecule has 3 N–H and O–H groups in total. The maximum atomic E-state index is 13.6. The Hall–Kier alpha value is -3.02. The molecule has 1 atom stereocenters. The number of ether oxygens (including phenoxy) is 2. The summed E-state index contributed by atoms with van der Waals surface area (Å²) < 4.78 is 26.0. The van der Waals surface area contributed by atoms with Crippen LogP contribution >= 0.6 is 11.3 Å². The van der Waals surface area contributed by atoms with Gasteiger partial charge in [0, 0.05) is 31.4 Å². The average molecular weight is 489 g/mol. The highest BCUT2D eigenvalue weighted by Gasteiger charge is 2.35. The number of aromatic amines is 1. The maximum absolute atomic E-state index is 13.6. The van der Waals surface area contributed by atoms with Crippen LogP contribution in [0.1, 0.15) is 39.4 Å². The monoisotopic (exact) mass is 488 g/mol. The quantitative estimate of drug-likeness (QED) is 0.444. The van der Waals surface area contributed by atoms with E-state index in [1.54, 1.807) is 0 Å². The van der Waals surface area contributed by atoms with Crippen LogP contribution in [-0.4, -0.2) is 70.8 Å². The van der Waals surface area contributed by atoms with Gasteiger partial charge in [-0.25, -0.2) is 14.2 Å². The van der Waals surface area contributed by atoms with Crippen molar-refractivity contribution in [3.63, 3.8) is 0 Å². The molecule has 180 valence electrons. The molecule has 0 spiro atoms. The number of halogens is 1. The summed E-state index contributed by atoms with van der Waals surface area (Å²) in [5.74, 6) is -1.30. The zero-order valence-corrected chi connectivity index (χ0v) is 19.4. The molecule has 0 bridgehead atoms. The largest absolute Gasteiger partial charge is 0.486 e. The summed E-state index contributed by atoms with van der Waals surface area (Å²) in [6, 6.07) is 4.14. The lowest BCUT2D eigenvalue weighted by Gasteiger charge is -2.30. The third-order valence-corrected chi connectivity index (χ3v) is 7.01. The first-order chi connectivity index (χ1) is 16.4. The first-order valence-electron chi connectivity index (χ1n) is 11.2. The fourth-order valence-corrected chi connectivity index (χ4v) is 4.95. The lowest BCUT2D eigenvalue weighted by atomic mass is 10.1. The molecule has 1 aliphatic heterocycles. The fraction of sp³-hybridized carbons (Fsp3) is 0.435. The number of carbonyl (C=O) groups excluding carboxylic acids is 1. The van der Waals surface area contributed by atoms with Crippen LogP contribution in [0.2, 0.25) is 0 Å². The summed E-state index contributed by atoms with van der Waals surface area (Å²) in [5, 5.41) is 12.5. The van der Waals surface area contributed by atoms with Crippen molar-refractivity contribution in [2.45, 2.75) is 25.9 Å². The van der Waals surface area contributed by atoms with Gasteiger partial charge in [0.2, 0.25) is 0 Å². The highest BCUT2D eigenvalue weighted by Crippen LogP contribution is 2.39. The van der Waals surface area contributed by atoms with E-state index in [2.05, 4.69) is 20.2 Å². The Kier molecular flexibility index (Phi) is 6.24. The molecule has 1 saturated heterocycles. The fourth-order valence-electron chi connectivity index (χ4n) is 4.04. The molecule has 2 aromatic heterocycles. The number of carboxylic acid groups (broad SMARTS) is 1. The number of aromatic carboxylic acids is 1. The Morgan fingerprint density at radius 3 is 2.76 bits per heavy atom. The zero-order chi connectivity index (χ0) is 23.8. The van der Waals surface area contributed by atoms with E-state index in [0.717, 1.165) is 49.9 Å². The molecule has 5 rings (SSSR count). The molecule has 1 amide bonds. The molecule has 3 aromatic rings. The number of nitrogens with one attached hydrogen (secondary N) is 2. The number of anilines is 1. The van der Waals surface area contributed by atoms with Gasteiger partial charge in [-0.3, -0.25) is 15.0 Å². The molecule has 2 aliphatic rings. The van der Waals surface area contributed by atoms with E-state index in [1.807, 2.05) is 0 Å². The number of nitrogens with zero attached hydrogens (tertiary/aromatic N) is 2. The van der Waals surface area contributed by atoms with Gasteiger partial charge in [0.15, 0.2) is 5.13 Å². The van der Waals surface area contributed by atoms with Gasteiger partial charge in [0.25, 0.3) is 5.91 Å². The van der Waals surface area contributed by atoms with Gasteiger partial charge >= 0.3 is 5.97 Å².